The van der Waals surface area contributed by atoms with Gasteiger partial charge < -0.3 is 0 Å². The van der Waals surface area contributed by atoms with Gasteiger partial charge in [0.05, 0.1) is 0 Å². The smallest absolute Gasteiger partial charge is 0.0112 e. The van der Waals surface area contributed by atoms with Crippen LogP contribution in [-0.2, 0) is 6.42 Å². The molecule has 0 amide bonds. The molecule has 32 heavy (non-hydrogen) atoms. The normalized spacial score (nSPS) is 19.1. The molecular formula is C32H40. The van der Waals surface area contributed by atoms with E-state index in [1.54, 1.807) is 11.1 Å². The molecule has 2 aliphatic carbocycles. The Morgan fingerprint density at radius 1 is 1.03 bits per heavy atom. The minimum atomic E-state index is 0.651. The minimum Gasteiger partial charge on any atom is -0.0961 e. The molecule has 0 bridgehead atoms. The number of rotatable bonds is 8. The fraction of sp³-hybridized carbons (Fsp3) is 0.375. The molecule has 0 radical (unpaired) electrons. The zero-order valence-electron chi connectivity index (χ0n) is 20.9. The Hall–Kier alpha value is -2.60. The lowest BCUT2D eigenvalue weighted by atomic mass is 9.71. The van der Waals surface area contributed by atoms with Gasteiger partial charge in [0.1, 0.15) is 0 Å². The van der Waals surface area contributed by atoms with Crippen molar-refractivity contribution < 1.29 is 0 Å². The molecule has 1 atom stereocenters. The van der Waals surface area contributed by atoms with Gasteiger partial charge in [0, 0.05) is 0 Å². The van der Waals surface area contributed by atoms with E-state index in [-0.39, 0.29) is 0 Å². The van der Waals surface area contributed by atoms with Gasteiger partial charge in [-0.1, -0.05) is 86.7 Å². The van der Waals surface area contributed by atoms with Crippen molar-refractivity contribution >= 4 is 12.2 Å². The monoisotopic (exact) mass is 424 g/mol. The third-order valence-corrected chi connectivity index (χ3v) is 6.98. The van der Waals surface area contributed by atoms with Crippen LogP contribution in [0.25, 0.3) is 12.2 Å². The lowest BCUT2D eigenvalue weighted by Gasteiger charge is -2.33. The summed E-state index contributed by atoms with van der Waals surface area (Å²) >= 11 is 0. The standard InChI is InChI=1S/C32H40/c1-8-23(5)14-16-25(7)30-20-28-11-10-12-31-27(17-18-29(21-30)32(28)31)19-26(9-2)24(6)15-13-22(3)4/h13-19,21,28H,3,6,8-12,20H2,1-2,4-5,7H3/b15-13-,23-14-,25-16+,26-19+. The first kappa shape index (κ1) is 24.1. The van der Waals surface area contributed by atoms with Gasteiger partial charge >= 0.3 is 0 Å². The molecule has 0 aromatic heterocycles. The lowest BCUT2D eigenvalue weighted by Crippen LogP contribution is -2.17. The highest BCUT2D eigenvalue weighted by atomic mass is 14.3. The number of hydrogen-bond donors (Lipinski definition) is 0. The highest BCUT2D eigenvalue weighted by Gasteiger charge is 2.28. The predicted octanol–water partition coefficient (Wildman–Crippen LogP) is 9.68. The van der Waals surface area contributed by atoms with E-state index in [0.29, 0.717) is 5.92 Å². The summed E-state index contributed by atoms with van der Waals surface area (Å²) in [5.74, 6) is 0.651. The van der Waals surface area contributed by atoms with Gasteiger partial charge in [0.15, 0.2) is 0 Å². The average molecular weight is 425 g/mol. The van der Waals surface area contributed by atoms with Crippen LogP contribution in [0.3, 0.4) is 0 Å². The largest absolute Gasteiger partial charge is 0.0961 e. The van der Waals surface area contributed by atoms with Crippen molar-refractivity contribution in [3.05, 3.63) is 105 Å². The zero-order valence-corrected chi connectivity index (χ0v) is 20.9. The summed E-state index contributed by atoms with van der Waals surface area (Å²) in [6, 6.07) is 4.68. The molecular weight excluding hydrogens is 384 g/mol. The molecule has 168 valence electrons. The number of allylic oxidation sites excluding steroid dienone is 10. The molecule has 0 spiro atoms. The van der Waals surface area contributed by atoms with Crippen LogP contribution in [-0.4, -0.2) is 0 Å². The summed E-state index contributed by atoms with van der Waals surface area (Å²) in [6.07, 6.45) is 20.6. The molecule has 0 nitrogen and oxygen atoms in total. The van der Waals surface area contributed by atoms with Gasteiger partial charge in [-0.2, -0.15) is 0 Å². The first-order valence-corrected chi connectivity index (χ1v) is 12.3. The molecule has 1 unspecified atom stereocenters. The van der Waals surface area contributed by atoms with Crippen molar-refractivity contribution in [2.45, 2.75) is 79.1 Å². The van der Waals surface area contributed by atoms with Crippen LogP contribution in [0.1, 0.15) is 94.9 Å². The molecule has 2 aliphatic rings. The molecule has 0 heteroatoms. The quantitative estimate of drug-likeness (QED) is 0.364. The molecule has 0 saturated heterocycles. The summed E-state index contributed by atoms with van der Waals surface area (Å²) in [7, 11) is 0. The fourth-order valence-corrected chi connectivity index (χ4v) is 4.83. The molecule has 0 aliphatic heterocycles. The van der Waals surface area contributed by atoms with Crippen LogP contribution in [0, 0.1) is 0 Å². The Morgan fingerprint density at radius 2 is 1.81 bits per heavy atom. The number of hydrogen-bond acceptors (Lipinski definition) is 0. The van der Waals surface area contributed by atoms with E-state index in [4.69, 9.17) is 0 Å². The van der Waals surface area contributed by atoms with E-state index in [1.165, 1.54) is 59.1 Å². The summed E-state index contributed by atoms with van der Waals surface area (Å²) in [6.45, 7) is 19.2. The van der Waals surface area contributed by atoms with Gasteiger partial charge in [-0.25, -0.2) is 0 Å². The van der Waals surface area contributed by atoms with E-state index < -0.39 is 0 Å². The van der Waals surface area contributed by atoms with E-state index >= 15 is 0 Å². The van der Waals surface area contributed by atoms with Crippen LogP contribution in [0.15, 0.2) is 83.0 Å². The van der Waals surface area contributed by atoms with E-state index in [9.17, 15) is 0 Å². The van der Waals surface area contributed by atoms with Crippen LogP contribution >= 0.6 is 0 Å². The first-order valence-electron chi connectivity index (χ1n) is 12.3. The Kier molecular flexibility index (Phi) is 8.13. The Morgan fingerprint density at radius 3 is 2.50 bits per heavy atom. The minimum absolute atomic E-state index is 0.651. The maximum absolute atomic E-state index is 4.31. The highest BCUT2D eigenvalue weighted by Crippen LogP contribution is 2.45. The maximum Gasteiger partial charge on any atom is -0.0112 e. The van der Waals surface area contributed by atoms with Gasteiger partial charge in [0.25, 0.3) is 0 Å². The van der Waals surface area contributed by atoms with Crippen LogP contribution < -0.4 is 0 Å². The maximum atomic E-state index is 4.31. The van der Waals surface area contributed by atoms with E-state index in [0.717, 1.165) is 24.0 Å². The Labute approximate surface area is 196 Å². The van der Waals surface area contributed by atoms with Crippen molar-refractivity contribution in [3.8, 4) is 0 Å². The molecule has 0 N–H and O–H groups in total. The Bertz CT molecular complexity index is 1050. The lowest BCUT2D eigenvalue weighted by molar-refractivity contribution is 0.545. The van der Waals surface area contributed by atoms with Crippen LogP contribution in [0.4, 0.5) is 0 Å². The van der Waals surface area contributed by atoms with Crippen molar-refractivity contribution in [2.24, 2.45) is 0 Å². The third-order valence-electron chi connectivity index (χ3n) is 6.98. The first-order chi connectivity index (χ1) is 15.3. The highest BCUT2D eigenvalue weighted by molar-refractivity contribution is 5.72. The number of benzene rings is 1. The SMILES string of the molecule is C=C(C)/C=C\C(=C)/C(=C/c1ccc2c3c1CCCC3CC(/C(C)=C/C=C(/C)CC)=C2)CC. The predicted molar refractivity (Wildman–Crippen MR) is 144 cm³/mol. The molecule has 0 saturated carbocycles. The van der Waals surface area contributed by atoms with Gasteiger partial charge in [0.2, 0.25) is 0 Å². The van der Waals surface area contributed by atoms with Gasteiger partial charge in [-0.15, -0.1) is 0 Å². The van der Waals surface area contributed by atoms with Crippen LogP contribution in [0.5, 0.6) is 0 Å². The Balaban J connectivity index is 2.00. The average Bonchev–Trinajstić information content (AvgIpc) is 2.80. The van der Waals surface area contributed by atoms with Gasteiger partial charge in [-0.3, -0.25) is 0 Å². The van der Waals surface area contributed by atoms with Crippen molar-refractivity contribution in [2.75, 3.05) is 0 Å². The second-order valence-corrected chi connectivity index (χ2v) is 9.54. The van der Waals surface area contributed by atoms with Crippen molar-refractivity contribution in [1.29, 1.82) is 0 Å². The van der Waals surface area contributed by atoms with E-state index in [1.807, 2.05) is 6.92 Å². The second-order valence-electron chi connectivity index (χ2n) is 9.54. The van der Waals surface area contributed by atoms with Crippen molar-refractivity contribution in [3.63, 3.8) is 0 Å². The summed E-state index contributed by atoms with van der Waals surface area (Å²) < 4.78 is 0. The van der Waals surface area contributed by atoms with Crippen molar-refractivity contribution in [1.82, 2.24) is 0 Å². The molecule has 3 rings (SSSR count). The summed E-state index contributed by atoms with van der Waals surface area (Å²) in [4.78, 5) is 0. The van der Waals surface area contributed by atoms with Gasteiger partial charge in [-0.05, 0) is 110 Å². The van der Waals surface area contributed by atoms with E-state index in [2.05, 4.69) is 89.4 Å². The van der Waals surface area contributed by atoms with Crippen LogP contribution in [0.2, 0.25) is 0 Å². The molecule has 1 aromatic carbocycles. The zero-order chi connectivity index (χ0) is 23.3. The fourth-order valence-electron chi connectivity index (χ4n) is 4.83. The topological polar surface area (TPSA) is 0 Å². The third kappa shape index (κ3) is 5.60. The molecule has 0 heterocycles. The second kappa shape index (κ2) is 10.8. The summed E-state index contributed by atoms with van der Waals surface area (Å²) in [5.41, 5.74) is 13.8. The molecule has 0 fully saturated rings. The summed E-state index contributed by atoms with van der Waals surface area (Å²) in [5, 5.41) is 0. The molecule has 1 aromatic rings.